The van der Waals surface area contributed by atoms with Crippen molar-refractivity contribution in [1.29, 1.82) is 0 Å². The normalized spacial score (nSPS) is 10.3. The molecule has 2 rings (SSSR count). The molecule has 0 radical (unpaired) electrons. The topological polar surface area (TPSA) is 61.4 Å². The molecule has 0 aliphatic heterocycles. The Labute approximate surface area is 165 Å². The largest absolute Gasteiger partial charge is 0.376 e. The molecule has 5 nitrogen and oxygen atoms in total. The van der Waals surface area contributed by atoms with Crippen molar-refractivity contribution in [3.05, 3.63) is 59.1 Å². The third-order valence-electron chi connectivity index (χ3n) is 4.01. The number of rotatable bonds is 9. The molecular weight excluding hydrogens is 362 g/mol. The van der Waals surface area contributed by atoms with E-state index in [-0.39, 0.29) is 18.4 Å². The van der Waals surface area contributed by atoms with Crippen molar-refractivity contribution in [2.45, 2.75) is 26.7 Å². The molecule has 2 aromatic rings. The van der Waals surface area contributed by atoms with Crippen LogP contribution in [0.4, 0.5) is 11.4 Å². The maximum Gasteiger partial charge on any atom is 0.253 e. The second kappa shape index (κ2) is 10.6. The van der Waals surface area contributed by atoms with Crippen molar-refractivity contribution < 1.29 is 9.59 Å². The van der Waals surface area contributed by atoms with Crippen molar-refractivity contribution in [3.63, 3.8) is 0 Å². The molecule has 0 bridgehead atoms. The fourth-order valence-corrected chi connectivity index (χ4v) is 2.89. The summed E-state index contributed by atoms with van der Waals surface area (Å²) in [5.41, 5.74) is 2.01. The SMILES string of the molecule is CCCN(CCC)C(=O)c1ccc(NCC(=O)Nc2ccccc2Cl)cc1. The molecule has 27 heavy (non-hydrogen) atoms. The molecule has 2 amide bonds. The summed E-state index contributed by atoms with van der Waals surface area (Å²) >= 11 is 6.03. The lowest BCUT2D eigenvalue weighted by Crippen LogP contribution is -2.32. The predicted molar refractivity (Wildman–Crippen MR) is 111 cm³/mol. The molecule has 144 valence electrons. The molecule has 2 aromatic carbocycles. The first-order valence-corrected chi connectivity index (χ1v) is 9.60. The molecule has 0 heterocycles. The first-order chi connectivity index (χ1) is 13.0. The number of carbonyl (C=O) groups excluding carboxylic acids is 2. The Morgan fingerprint density at radius 2 is 1.59 bits per heavy atom. The van der Waals surface area contributed by atoms with Gasteiger partial charge in [0.25, 0.3) is 5.91 Å². The number of nitrogens with zero attached hydrogens (tertiary/aromatic N) is 1. The second-order valence-electron chi connectivity index (χ2n) is 6.25. The van der Waals surface area contributed by atoms with E-state index in [1.165, 1.54) is 0 Å². The van der Waals surface area contributed by atoms with Crippen molar-refractivity contribution in [1.82, 2.24) is 4.90 Å². The zero-order chi connectivity index (χ0) is 19.6. The molecular formula is C21H26ClN3O2. The molecule has 0 saturated carbocycles. The van der Waals surface area contributed by atoms with Gasteiger partial charge in [-0.05, 0) is 49.2 Å². The number of hydrogen-bond donors (Lipinski definition) is 2. The van der Waals surface area contributed by atoms with Crippen LogP contribution in [0.15, 0.2) is 48.5 Å². The second-order valence-corrected chi connectivity index (χ2v) is 6.66. The lowest BCUT2D eigenvalue weighted by Gasteiger charge is -2.21. The number of amides is 2. The highest BCUT2D eigenvalue weighted by atomic mass is 35.5. The summed E-state index contributed by atoms with van der Waals surface area (Å²) in [5, 5.41) is 6.31. The highest BCUT2D eigenvalue weighted by Crippen LogP contribution is 2.20. The molecule has 0 fully saturated rings. The van der Waals surface area contributed by atoms with Crippen LogP contribution in [0.3, 0.4) is 0 Å². The van der Waals surface area contributed by atoms with E-state index in [1.807, 2.05) is 23.1 Å². The zero-order valence-electron chi connectivity index (χ0n) is 15.8. The molecule has 2 N–H and O–H groups in total. The van der Waals surface area contributed by atoms with Crippen molar-refractivity contribution >= 4 is 34.8 Å². The van der Waals surface area contributed by atoms with Gasteiger partial charge in [-0.3, -0.25) is 9.59 Å². The summed E-state index contributed by atoms with van der Waals surface area (Å²) in [4.78, 5) is 26.5. The van der Waals surface area contributed by atoms with Gasteiger partial charge in [0.2, 0.25) is 5.91 Å². The van der Waals surface area contributed by atoms with Gasteiger partial charge in [-0.1, -0.05) is 37.6 Å². The Balaban J connectivity index is 1.90. The molecule has 0 unspecified atom stereocenters. The minimum absolute atomic E-state index is 0.0433. The quantitative estimate of drug-likeness (QED) is 0.658. The van der Waals surface area contributed by atoms with Gasteiger partial charge in [0.05, 0.1) is 17.3 Å². The van der Waals surface area contributed by atoms with Gasteiger partial charge >= 0.3 is 0 Å². The smallest absolute Gasteiger partial charge is 0.253 e. The molecule has 0 spiro atoms. The molecule has 0 aliphatic carbocycles. The van der Waals surface area contributed by atoms with Crippen molar-refractivity contribution in [2.75, 3.05) is 30.3 Å². The zero-order valence-corrected chi connectivity index (χ0v) is 16.6. The minimum atomic E-state index is -0.194. The van der Waals surface area contributed by atoms with E-state index in [0.29, 0.717) is 16.3 Å². The Bertz CT molecular complexity index is 756. The van der Waals surface area contributed by atoms with Crippen LogP contribution in [-0.4, -0.2) is 36.3 Å². The van der Waals surface area contributed by atoms with Crippen LogP contribution in [0.5, 0.6) is 0 Å². The Hall–Kier alpha value is -2.53. The van der Waals surface area contributed by atoms with E-state index in [4.69, 9.17) is 11.6 Å². The molecule has 6 heteroatoms. The number of benzene rings is 2. The molecule has 0 atom stereocenters. The van der Waals surface area contributed by atoms with Gasteiger partial charge in [-0.25, -0.2) is 0 Å². The van der Waals surface area contributed by atoms with E-state index >= 15 is 0 Å². The monoisotopic (exact) mass is 387 g/mol. The van der Waals surface area contributed by atoms with E-state index in [1.54, 1.807) is 30.3 Å². The Morgan fingerprint density at radius 3 is 2.19 bits per heavy atom. The van der Waals surface area contributed by atoms with Gasteiger partial charge in [0.15, 0.2) is 0 Å². The third kappa shape index (κ3) is 6.29. The fourth-order valence-electron chi connectivity index (χ4n) is 2.71. The van der Waals surface area contributed by atoms with Gasteiger partial charge in [-0.2, -0.15) is 0 Å². The number of carbonyl (C=O) groups is 2. The number of anilines is 2. The lowest BCUT2D eigenvalue weighted by atomic mass is 10.1. The highest BCUT2D eigenvalue weighted by Gasteiger charge is 2.14. The number of halogens is 1. The van der Waals surface area contributed by atoms with E-state index in [2.05, 4.69) is 24.5 Å². The summed E-state index contributed by atoms with van der Waals surface area (Å²) in [6.07, 6.45) is 1.87. The average Bonchev–Trinajstić information content (AvgIpc) is 2.68. The van der Waals surface area contributed by atoms with Gasteiger partial charge in [-0.15, -0.1) is 0 Å². The van der Waals surface area contributed by atoms with E-state index in [0.717, 1.165) is 31.6 Å². The van der Waals surface area contributed by atoms with Crippen molar-refractivity contribution in [2.24, 2.45) is 0 Å². The van der Waals surface area contributed by atoms with Gasteiger partial charge in [0, 0.05) is 24.3 Å². The lowest BCUT2D eigenvalue weighted by molar-refractivity contribution is -0.114. The summed E-state index contributed by atoms with van der Waals surface area (Å²) in [7, 11) is 0. The first kappa shape index (κ1) is 20.8. The first-order valence-electron chi connectivity index (χ1n) is 9.22. The molecule has 0 aromatic heterocycles. The number of hydrogen-bond acceptors (Lipinski definition) is 3. The maximum atomic E-state index is 12.6. The van der Waals surface area contributed by atoms with Crippen LogP contribution >= 0.6 is 11.6 Å². The molecule has 0 saturated heterocycles. The summed E-state index contributed by atoms with van der Waals surface area (Å²) in [6.45, 7) is 5.76. The van der Waals surface area contributed by atoms with Crippen LogP contribution < -0.4 is 10.6 Å². The number of para-hydroxylation sites is 1. The van der Waals surface area contributed by atoms with Gasteiger partial charge in [0.1, 0.15) is 0 Å². The van der Waals surface area contributed by atoms with E-state index < -0.39 is 0 Å². The fraction of sp³-hybridized carbons (Fsp3) is 0.333. The van der Waals surface area contributed by atoms with Crippen LogP contribution in [0.1, 0.15) is 37.0 Å². The van der Waals surface area contributed by atoms with Crippen LogP contribution in [0.2, 0.25) is 5.02 Å². The van der Waals surface area contributed by atoms with Crippen LogP contribution in [0.25, 0.3) is 0 Å². The summed E-state index contributed by atoms with van der Waals surface area (Å²) in [6, 6.07) is 14.3. The van der Waals surface area contributed by atoms with E-state index in [9.17, 15) is 9.59 Å². The maximum absolute atomic E-state index is 12.6. The highest BCUT2D eigenvalue weighted by molar-refractivity contribution is 6.33. The Morgan fingerprint density at radius 1 is 0.963 bits per heavy atom. The third-order valence-corrected chi connectivity index (χ3v) is 4.34. The summed E-state index contributed by atoms with van der Waals surface area (Å²) < 4.78 is 0. The summed E-state index contributed by atoms with van der Waals surface area (Å²) in [5.74, 6) is -0.151. The van der Waals surface area contributed by atoms with Crippen LogP contribution in [-0.2, 0) is 4.79 Å². The molecule has 0 aliphatic rings. The standard InChI is InChI=1S/C21H26ClN3O2/c1-3-13-25(14-4-2)21(27)16-9-11-17(12-10-16)23-15-20(26)24-19-8-6-5-7-18(19)22/h5-12,23H,3-4,13-15H2,1-2H3,(H,24,26). The van der Waals surface area contributed by atoms with Crippen molar-refractivity contribution in [3.8, 4) is 0 Å². The predicted octanol–water partition coefficient (Wildman–Crippen LogP) is 4.65. The van der Waals surface area contributed by atoms with Crippen LogP contribution in [0, 0.1) is 0 Å². The average molecular weight is 388 g/mol. The van der Waals surface area contributed by atoms with Gasteiger partial charge < -0.3 is 15.5 Å². The minimum Gasteiger partial charge on any atom is -0.376 e. The Kier molecular flexibility index (Phi) is 8.14. The number of nitrogens with one attached hydrogen (secondary N) is 2.